The lowest BCUT2D eigenvalue weighted by atomic mass is 10.2. The highest BCUT2D eigenvalue weighted by molar-refractivity contribution is 5.97. The van der Waals surface area contributed by atoms with Gasteiger partial charge in [0.05, 0.1) is 24.9 Å². The van der Waals surface area contributed by atoms with E-state index >= 15 is 0 Å². The zero-order valence-corrected chi connectivity index (χ0v) is 13.1. The summed E-state index contributed by atoms with van der Waals surface area (Å²) in [6.07, 6.45) is 1.89. The van der Waals surface area contributed by atoms with Gasteiger partial charge in [-0.05, 0) is 6.42 Å². The number of methoxy groups -OCH3 is 1. The van der Waals surface area contributed by atoms with Gasteiger partial charge in [-0.15, -0.1) is 0 Å². The Morgan fingerprint density at radius 2 is 2.30 bits per heavy atom. The Morgan fingerprint density at radius 1 is 1.61 bits per heavy atom. The van der Waals surface area contributed by atoms with E-state index < -0.39 is 17.6 Å². The third-order valence-corrected chi connectivity index (χ3v) is 3.89. The third kappa shape index (κ3) is 3.19. The highest BCUT2D eigenvalue weighted by Crippen LogP contribution is 2.31. The van der Waals surface area contributed by atoms with E-state index in [1.165, 1.54) is 18.2 Å². The van der Waals surface area contributed by atoms with Crippen molar-refractivity contribution in [2.75, 3.05) is 32.6 Å². The molecule has 8 nitrogen and oxygen atoms in total. The fourth-order valence-electron chi connectivity index (χ4n) is 2.89. The molecule has 0 aliphatic carbocycles. The molecule has 0 bridgehead atoms. The van der Waals surface area contributed by atoms with E-state index in [1.54, 1.807) is 11.7 Å². The van der Waals surface area contributed by atoms with Crippen LogP contribution in [-0.2, 0) is 9.53 Å². The number of nitrogens with zero attached hydrogens (tertiary/aromatic N) is 3. The van der Waals surface area contributed by atoms with Crippen molar-refractivity contribution < 1.29 is 18.7 Å². The smallest absolute Gasteiger partial charge is 0.282 e. The molecule has 2 rings (SSSR count). The summed E-state index contributed by atoms with van der Waals surface area (Å²) in [4.78, 5) is 24.7. The first kappa shape index (κ1) is 16.9. The van der Waals surface area contributed by atoms with Crippen molar-refractivity contribution in [3.63, 3.8) is 0 Å². The van der Waals surface area contributed by atoms with E-state index in [9.17, 15) is 14.0 Å². The Kier molecular flexibility index (Phi) is 4.99. The van der Waals surface area contributed by atoms with E-state index in [4.69, 9.17) is 10.5 Å². The standard InChI is InChI=1S/C14H20FN5O3/c1-8(15)14(22)19-6-9(4-10(19)7-23-3)20-13(17-2)11(5-18-20)12(16)21/h5,9-10,17H,1,4,6-7H2,2-3H3,(H2,16,21)/t9-,10+/m0/s1. The number of hydrogen-bond donors (Lipinski definition) is 2. The number of amides is 2. The molecule has 0 aromatic carbocycles. The molecule has 3 N–H and O–H groups in total. The van der Waals surface area contributed by atoms with Crippen molar-refractivity contribution in [1.82, 2.24) is 14.7 Å². The Bertz CT molecular complexity index is 630. The Labute approximate surface area is 133 Å². The van der Waals surface area contributed by atoms with Crippen molar-refractivity contribution in [1.29, 1.82) is 0 Å². The second kappa shape index (κ2) is 6.78. The molecule has 1 aromatic heterocycles. The first-order chi connectivity index (χ1) is 10.9. The maximum Gasteiger partial charge on any atom is 0.282 e. The SMILES string of the molecule is C=C(F)C(=O)N1C[C@@H](n2ncc(C(N)=O)c2NC)C[C@@H]1COC. The number of aromatic nitrogens is 2. The zero-order chi connectivity index (χ0) is 17.1. The molecule has 126 valence electrons. The summed E-state index contributed by atoms with van der Waals surface area (Å²) < 4.78 is 19.9. The van der Waals surface area contributed by atoms with Gasteiger partial charge in [0.25, 0.3) is 11.8 Å². The van der Waals surface area contributed by atoms with Gasteiger partial charge in [-0.2, -0.15) is 5.10 Å². The van der Waals surface area contributed by atoms with Crippen LogP contribution in [0.5, 0.6) is 0 Å². The van der Waals surface area contributed by atoms with Crippen molar-refractivity contribution >= 4 is 17.6 Å². The van der Waals surface area contributed by atoms with Gasteiger partial charge in [-0.1, -0.05) is 6.58 Å². The van der Waals surface area contributed by atoms with Gasteiger partial charge >= 0.3 is 0 Å². The summed E-state index contributed by atoms with van der Waals surface area (Å²) in [7, 11) is 3.16. The topological polar surface area (TPSA) is 102 Å². The lowest BCUT2D eigenvalue weighted by Gasteiger charge is -2.22. The molecule has 1 aliphatic rings. The minimum absolute atomic E-state index is 0.228. The average molecular weight is 325 g/mol. The Hall–Kier alpha value is -2.42. The molecule has 1 fully saturated rings. The third-order valence-electron chi connectivity index (χ3n) is 3.89. The van der Waals surface area contributed by atoms with Crippen LogP contribution in [-0.4, -0.2) is 59.8 Å². The second-order valence-corrected chi connectivity index (χ2v) is 5.33. The summed E-state index contributed by atoms with van der Waals surface area (Å²) in [5.41, 5.74) is 5.57. The molecule has 1 aromatic rings. The normalized spacial score (nSPS) is 20.6. The van der Waals surface area contributed by atoms with Crippen molar-refractivity contribution in [2.45, 2.75) is 18.5 Å². The number of halogens is 1. The fraction of sp³-hybridized carbons (Fsp3) is 0.500. The summed E-state index contributed by atoms with van der Waals surface area (Å²) in [6.45, 7) is 3.57. The van der Waals surface area contributed by atoms with Crippen LogP contribution in [0.15, 0.2) is 18.6 Å². The van der Waals surface area contributed by atoms with E-state index in [-0.39, 0.29) is 30.8 Å². The summed E-state index contributed by atoms with van der Waals surface area (Å²) >= 11 is 0. The van der Waals surface area contributed by atoms with Gasteiger partial charge in [0.2, 0.25) is 0 Å². The van der Waals surface area contributed by atoms with Crippen LogP contribution < -0.4 is 11.1 Å². The molecule has 9 heteroatoms. The van der Waals surface area contributed by atoms with Gasteiger partial charge in [-0.25, -0.2) is 9.07 Å². The first-order valence-corrected chi connectivity index (χ1v) is 7.10. The number of nitrogens with one attached hydrogen (secondary N) is 1. The highest BCUT2D eigenvalue weighted by atomic mass is 19.1. The van der Waals surface area contributed by atoms with Crippen LogP contribution >= 0.6 is 0 Å². The molecular formula is C14H20FN5O3. The number of hydrogen-bond acceptors (Lipinski definition) is 5. The number of nitrogens with two attached hydrogens (primary N) is 1. The fourth-order valence-corrected chi connectivity index (χ4v) is 2.89. The van der Waals surface area contributed by atoms with Gasteiger partial charge in [-0.3, -0.25) is 9.59 Å². The molecule has 23 heavy (non-hydrogen) atoms. The molecule has 0 spiro atoms. The molecule has 2 atom stereocenters. The maximum atomic E-state index is 13.2. The van der Waals surface area contributed by atoms with Gasteiger partial charge < -0.3 is 20.7 Å². The predicted octanol–water partition coefficient (Wildman–Crippen LogP) is 0.295. The quantitative estimate of drug-likeness (QED) is 0.732. The number of carbonyl (C=O) groups is 2. The Morgan fingerprint density at radius 3 is 2.83 bits per heavy atom. The van der Waals surface area contributed by atoms with Crippen LogP contribution in [0.3, 0.4) is 0 Å². The van der Waals surface area contributed by atoms with Gasteiger partial charge in [0.15, 0.2) is 5.83 Å². The monoisotopic (exact) mass is 325 g/mol. The van der Waals surface area contributed by atoms with Crippen LogP contribution in [0.2, 0.25) is 0 Å². The van der Waals surface area contributed by atoms with Crippen LogP contribution in [0, 0.1) is 0 Å². The molecular weight excluding hydrogens is 305 g/mol. The number of likely N-dealkylation sites (tertiary alicyclic amines) is 1. The van der Waals surface area contributed by atoms with Crippen LogP contribution in [0.25, 0.3) is 0 Å². The number of ether oxygens (including phenoxy) is 1. The van der Waals surface area contributed by atoms with E-state index in [2.05, 4.69) is 17.0 Å². The van der Waals surface area contributed by atoms with Crippen LogP contribution in [0.4, 0.5) is 10.2 Å². The molecule has 1 saturated heterocycles. The molecule has 0 unspecified atom stereocenters. The highest BCUT2D eigenvalue weighted by Gasteiger charge is 2.38. The second-order valence-electron chi connectivity index (χ2n) is 5.33. The molecule has 0 radical (unpaired) electrons. The van der Waals surface area contributed by atoms with Crippen molar-refractivity contribution in [3.8, 4) is 0 Å². The van der Waals surface area contributed by atoms with Crippen molar-refractivity contribution in [2.24, 2.45) is 5.73 Å². The number of anilines is 1. The minimum Gasteiger partial charge on any atom is -0.383 e. The zero-order valence-electron chi connectivity index (χ0n) is 13.1. The van der Waals surface area contributed by atoms with E-state index in [0.29, 0.717) is 12.2 Å². The van der Waals surface area contributed by atoms with Crippen molar-refractivity contribution in [3.05, 3.63) is 24.2 Å². The predicted molar refractivity (Wildman–Crippen MR) is 81.6 cm³/mol. The number of primary amides is 1. The Balaban J connectivity index is 2.30. The molecule has 2 amide bonds. The summed E-state index contributed by atoms with van der Waals surface area (Å²) in [6, 6.07) is -0.523. The van der Waals surface area contributed by atoms with Gasteiger partial charge in [0, 0.05) is 20.7 Å². The lowest BCUT2D eigenvalue weighted by molar-refractivity contribution is -0.130. The number of carbonyl (C=O) groups excluding carboxylic acids is 2. The van der Waals surface area contributed by atoms with Crippen LogP contribution in [0.1, 0.15) is 22.8 Å². The molecule has 0 saturated carbocycles. The summed E-state index contributed by atoms with van der Waals surface area (Å²) in [5, 5.41) is 7.07. The number of rotatable bonds is 6. The molecule has 2 heterocycles. The minimum atomic E-state index is -1.01. The lowest BCUT2D eigenvalue weighted by Crippen LogP contribution is -2.38. The average Bonchev–Trinajstić information content (AvgIpc) is 3.09. The largest absolute Gasteiger partial charge is 0.383 e. The summed E-state index contributed by atoms with van der Waals surface area (Å²) in [5.74, 6) is -1.91. The van der Waals surface area contributed by atoms with Gasteiger partial charge in [0.1, 0.15) is 11.4 Å². The maximum absolute atomic E-state index is 13.2. The van der Waals surface area contributed by atoms with E-state index in [1.807, 2.05) is 0 Å². The molecule has 1 aliphatic heterocycles. The first-order valence-electron chi connectivity index (χ1n) is 7.10. The van der Waals surface area contributed by atoms with E-state index in [0.717, 1.165) is 0 Å².